The largest absolute Gasteiger partial charge is 0.416 e. The summed E-state index contributed by atoms with van der Waals surface area (Å²) < 4.78 is 41.4. The highest BCUT2D eigenvalue weighted by Gasteiger charge is 2.39. The molecule has 9 heteroatoms. The average molecular weight is 434 g/mol. The monoisotopic (exact) mass is 434 g/mol. The van der Waals surface area contributed by atoms with Gasteiger partial charge in [0.2, 0.25) is 11.8 Å². The van der Waals surface area contributed by atoms with Crippen LogP contribution in [0.25, 0.3) is 5.69 Å². The lowest BCUT2D eigenvalue weighted by molar-refractivity contribution is -0.137. The van der Waals surface area contributed by atoms with Gasteiger partial charge in [0.15, 0.2) is 0 Å². The number of nitrogens with one attached hydrogen (secondary N) is 1. The fourth-order valence-electron chi connectivity index (χ4n) is 4.58. The molecule has 1 atom stereocenters. The summed E-state index contributed by atoms with van der Waals surface area (Å²) in [6.45, 7) is 3.88. The van der Waals surface area contributed by atoms with E-state index in [1.807, 2.05) is 0 Å². The molecule has 31 heavy (non-hydrogen) atoms. The molecule has 0 radical (unpaired) electrons. The molecule has 2 fully saturated rings. The lowest BCUT2D eigenvalue weighted by Crippen LogP contribution is -2.35. The number of likely N-dealkylation sites (tertiary alicyclic amines) is 1. The second kappa shape index (κ2) is 8.01. The van der Waals surface area contributed by atoms with Crippen molar-refractivity contribution in [2.24, 2.45) is 5.92 Å². The van der Waals surface area contributed by atoms with Crippen LogP contribution >= 0.6 is 0 Å². The third-order valence-electron chi connectivity index (χ3n) is 6.11. The van der Waals surface area contributed by atoms with Crippen LogP contribution in [0.4, 0.5) is 18.9 Å². The Morgan fingerprint density at radius 2 is 1.87 bits per heavy atom. The molecule has 0 bridgehead atoms. The highest BCUT2D eigenvalue weighted by molar-refractivity contribution is 5.98. The number of anilines is 1. The predicted molar refractivity (Wildman–Crippen MR) is 109 cm³/mol. The van der Waals surface area contributed by atoms with E-state index < -0.39 is 23.6 Å². The molecule has 1 aromatic heterocycles. The summed E-state index contributed by atoms with van der Waals surface area (Å²) >= 11 is 0. The molecule has 1 saturated heterocycles. The highest BCUT2D eigenvalue weighted by Crippen LogP contribution is 2.35. The van der Waals surface area contributed by atoms with Crippen LogP contribution in [0.3, 0.4) is 0 Å². The standard InChI is InChI=1S/C22H25F3N4O2/c1-13-9-14(2)29(27-13)19-8-7-16(22(23,24)25)11-18(19)26-21(31)15-10-20(30)28(12-15)17-5-3-4-6-17/h7-9,11,15,17H,3-6,10,12H2,1-2H3,(H,26,31). The maximum Gasteiger partial charge on any atom is 0.416 e. The fraction of sp³-hybridized carbons (Fsp3) is 0.500. The number of aryl methyl sites for hydroxylation is 2. The molecule has 1 aliphatic carbocycles. The third-order valence-corrected chi connectivity index (χ3v) is 6.11. The van der Waals surface area contributed by atoms with Crippen LogP contribution in [0.1, 0.15) is 49.1 Å². The van der Waals surface area contributed by atoms with Gasteiger partial charge in [-0.05, 0) is 51.0 Å². The van der Waals surface area contributed by atoms with E-state index in [1.54, 1.807) is 24.8 Å². The molecule has 1 saturated carbocycles. The van der Waals surface area contributed by atoms with E-state index in [9.17, 15) is 22.8 Å². The number of benzene rings is 1. The quantitative estimate of drug-likeness (QED) is 0.783. The van der Waals surface area contributed by atoms with Crippen molar-refractivity contribution in [3.05, 3.63) is 41.2 Å². The summed E-state index contributed by atoms with van der Waals surface area (Å²) in [4.78, 5) is 27.2. The lowest BCUT2D eigenvalue weighted by Gasteiger charge is -2.24. The van der Waals surface area contributed by atoms with Crippen molar-refractivity contribution in [2.45, 2.75) is 58.2 Å². The first-order valence-electron chi connectivity index (χ1n) is 10.5. The summed E-state index contributed by atoms with van der Waals surface area (Å²) in [6, 6.07) is 5.18. The number of halogens is 3. The van der Waals surface area contributed by atoms with Gasteiger partial charge in [-0.2, -0.15) is 18.3 Å². The number of carbonyl (C=O) groups is 2. The number of alkyl halides is 3. The van der Waals surface area contributed by atoms with Gasteiger partial charge in [0.05, 0.1) is 28.6 Å². The minimum absolute atomic E-state index is 0.0257. The minimum Gasteiger partial charge on any atom is -0.339 e. The Morgan fingerprint density at radius 3 is 2.48 bits per heavy atom. The number of carbonyl (C=O) groups excluding carboxylic acids is 2. The molecule has 1 aromatic carbocycles. The molecule has 166 valence electrons. The molecule has 1 N–H and O–H groups in total. The number of amides is 2. The molecule has 1 unspecified atom stereocenters. The van der Waals surface area contributed by atoms with Gasteiger partial charge in [-0.25, -0.2) is 4.68 Å². The number of hydrogen-bond acceptors (Lipinski definition) is 3. The van der Waals surface area contributed by atoms with Gasteiger partial charge in [-0.1, -0.05) is 12.8 Å². The summed E-state index contributed by atoms with van der Waals surface area (Å²) in [5, 5.41) is 6.99. The van der Waals surface area contributed by atoms with Crippen molar-refractivity contribution in [2.75, 3.05) is 11.9 Å². The molecular formula is C22H25F3N4O2. The molecule has 2 amide bonds. The zero-order valence-electron chi connectivity index (χ0n) is 17.5. The molecule has 2 aromatic rings. The number of aromatic nitrogens is 2. The van der Waals surface area contributed by atoms with Crippen molar-refractivity contribution in [1.82, 2.24) is 14.7 Å². The summed E-state index contributed by atoms with van der Waals surface area (Å²) in [6.07, 6.45) is -0.444. The smallest absolute Gasteiger partial charge is 0.339 e. The highest BCUT2D eigenvalue weighted by atomic mass is 19.4. The van der Waals surface area contributed by atoms with Crippen LogP contribution in [0.5, 0.6) is 0 Å². The first-order valence-corrected chi connectivity index (χ1v) is 10.5. The minimum atomic E-state index is -4.55. The van der Waals surface area contributed by atoms with Crippen molar-refractivity contribution >= 4 is 17.5 Å². The summed E-state index contributed by atoms with van der Waals surface area (Å²) in [7, 11) is 0. The Hall–Kier alpha value is -2.84. The third kappa shape index (κ3) is 4.31. The topological polar surface area (TPSA) is 67.2 Å². The first-order chi connectivity index (χ1) is 14.6. The van der Waals surface area contributed by atoms with Crippen LogP contribution in [0.15, 0.2) is 24.3 Å². The molecular weight excluding hydrogens is 409 g/mol. The zero-order valence-corrected chi connectivity index (χ0v) is 17.5. The Morgan fingerprint density at radius 1 is 1.16 bits per heavy atom. The van der Waals surface area contributed by atoms with E-state index in [0.29, 0.717) is 17.9 Å². The number of nitrogens with zero attached hydrogens (tertiary/aromatic N) is 3. The Labute approximate surface area is 178 Å². The van der Waals surface area contributed by atoms with Gasteiger partial charge in [-0.3, -0.25) is 9.59 Å². The maximum atomic E-state index is 13.3. The predicted octanol–water partition coefficient (Wildman–Crippen LogP) is 4.24. The normalized spacial score (nSPS) is 20.0. The maximum absolute atomic E-state index is 13.3. The number of hydrogen-bond donors (Lipinski definition) is 1. The van der Waals surface area contributed by atoms with Crippen molar-refractivity contribution in [3.8, 4) is 5.69 Å². The second-order valence-electron chi connectivity index (χ2n) is 8.44. The van der Waals surface area contributed by atoms with Crippen LogP contribution < -0.4 is 5.32 Å². The van der Waals surface area contributed by atoms with E-state index >= 15 is 0 Å². The lowest BCUT2D eigenvalue weighted by atomic mass is 10.1. The van der Waals surface area contributed by atoms with Gasteiger partial charge in [-0.15, -0.1) is 0 Å². The van der Waals surface area contributed by atoms with E-state index in [-0.39, 0.29) is 24.1 Å². The van der Waals surface area contributed by atoms with E-state index in [2.05, 4.69) is 10.4 Å². The van der Waals surface area contributed by atoms with E-state index in [4.69, 9.17) is 0 Å². The van der Waals surface area contributed by atoms with Crippen LogP contribution in [-0.2, 0) is 15.8 Å². The van der Waals surface area contributed by atoms with Crippen LogP contribution in [-0.4, -0.2) is 39.1 Å². The van der Waals surface area contributed by atoms with Gasteiger partial charge >= 0.3 is 6.18 Å². The number of rotatable bonds is 4. The zero-order chi connectivity index (χ0) is 22.3. The van der Waals surface area contributed by atoms with Gasteiger partial charge < -0.3 is 10.2 Å². The Kier molecular flexibility index (Phi) is 5.53. The van der Waals surface area contributed by atoms with E-state index in [0.717, 1.165) is 43.5 Å². The van der Waals surface area contributed by atoms with Crippen molar-refractivity contribution < 1.29 is 22.8 Å². The van der Waals surface area contributed by atoms with Gasteiger partial charge in [0.1, 0.15) is 0 Å². The molecule has 4 rings (SSSR count). The van der Waals surface area contributed by atoms with Crippen LogP contribution in [0, 0.1) is 19.8 Å². The van der Waals surface area contributed by atoms with Crippen molar-refractivity contribution in [3.63, 3.8) is 0 Å². The van der Waals surface area contributed by atoms with Crippen LogP contribution in [0.2, 0.25) is 0 Å². The van der Waals surface area contributed by atoms with Crippen molar-refractivity contribution in [1.29, 1.82) is 0 Å². The average Bonchev–Trinajstić information content (AvgIpc) is 3.41. The molecule has 0 spiro atoms. The van der Waals surface area contributed by atoms with E-state index in [1.165, 1.54) is 10.7 Å². The summed E-state index contributed by atoms with van der Waals surface area (Å²) in [5.41, 5.74) is 0.962. The fourth-order valence-corrected chi connectivity index (χ4v) is 4.58. The molecule has 2 heterocycles. The molecule has 1 aliphatic heterocycles. The first kappa shape index (κ1) is 21.4. The van der Waals surface area contributed by atoms with Gasteiger partial charge in [0.25, 0.3) is 0 Å². The summed E-state index contributed by atoms with van der Waals surface area (Å²) in [5.74, 6) is -1.10. The molecule has 6 nitrogen and oxygen atoms in total. The SMILES string of the molecule is Cc1cc(C)n(-c2ccc(C(F)(F)F)cc2NC(=O)C2CC(=O)N(C3CCCC3)C2)n1. The second-order valence-corrected chi connectivity index (χ2v) is 8.44. The Balaban J connectivity index is 1.61. The molecule has 2 aliphatic rings. The Bertz CT molecular complexity index is 1010. The van der Waals surface area contributed by atoms with Gasteiger partial charge in [0, 0.05) is 24.7 Å².